The minimum absolute atomic E-state index is 0.119. The molecule has 3 atom stereocenters. The van der Waals surface area contributed by atoms with Gasteiger partial charge in [-0.05, 0) is 49.4 Å². The second kappa shape index (κ2) is 12.0. The van der Waals surface area contributed by atoms with Crippen LogP contribution in [-0.4, -0.2) is 34.2 Å². The molecule has 1 aliphatic heterocycles. The number of benzene rings is 2. The highest BCUT2D eigenvalue weighted by Gasteiger charge is 2.36. The molecule has 1 saturated heterocycles. The minimum atomic E-state index is -4.60. The van der Waals surface area contributed by atoms with Gasteiger partial charge in [-0.2, -0.15) is 13.2 Å². The highest BCUT2D eigenvalue weighted by molar-refractivity contribution is 6.42. The van der Waals surface area contributed by atoms with Crippen molar-refractivity contribution >= 4 is 23.2 Å². The van der Waals surface area contributed by atoms with Crippen molar-refractivity contribution in [3.63, 3.8) is 0 Å². The minimum Gasteiger partial charge on any atom is -0.380 e. The van der Waals surface area contributed by atoms with Gasteiger partial charge in [-0.3, -0.25) is 0 Å². The van der Waals surface area contributed by atoms with E-state index in [1.807, 2.05) is 6.07 Å². The molecule has 0 radical (unpaired) electrons. The third-order valence-electron chi connectivity index (χ3n) is 6.29. The molecule has 3 aromatic rings. The Kier molecular flexibility index (Phi) is 8.96. The van der Waals surface area contributed by atoms with Crippen LogP contribution in [0.2, 0.25) is 10.0 Å². The Morgan fingerprint density at radius 1 is 1.14 bits per heavy atom. The van der Waals surface area contributed by atoms with Crippen LogP contribution < -0.4 is 0 Å². The van der Waals surface area contributed by atoms with Gasteiger partial charge in [0.1, 0.15) is 11.9 Å². The number of imidazole rings is 1. The van der Waals surface area contributed by atoms with Crippen LogP contribution in [0.4, 0.5) is 13.2 Å². The van der Waals surface area contributed by atoms with Crippen LogP contribution in [0.25, 0.3) is 0 Å². The Morgan fingerprint density at radius 3 is 2.67 bits per heavy atom. The molecule has 36 heavy (non-hydrogen) atoms. The molecule has 0 aliphatic carbocycles. The molecular weight excluding hydrogens is 516 g/mol. The molecular formula is C26H27Cl2F3N2O3. The number of alkyl halides is 3. The van der Waals surface area contributed by atoms with E-state index in [1.165, 1.54) is 24.4 Å². The predicted molar refractivity (Wildman–Crippen MR) is 131 cm³/mol. The number of hydrogen-bond acceptors (Lipinski definition) is 4. The van der Waals surface area contributed by atoms with Crippen molar-refractivity contribution < 1.29 is 27.8 Å². The zero-order valence-corrected chi connectivity index (χ0v) is 20.9. The van der Waals surface area contributed by atoms with Crippen molar-refractivity contribution in [2.45, 2.75) is 56.7 Å². The maximum absolute atomic E-state index is 13.6. The van der Waals surface area contributed by atoms with E-state index in [1.54, 1.807) is 22.9 Å². The Balaban J connectivity index is 1.57. The van der Waals surface area contributed by atoms with E-state index < -0.39 is 17.8 Å². The number of aliphatic hydroxyl groups is 1. The number of hydrogen-bond donors (Lipinski definition) is 1. The number of aliphatic hydroxyl groups excluding tert-OH is 1. The molecule has 5 nitrogen and oxygen atoms in total. The predicted octanol–water partition coefficient (Wildman–Crippen LogP) is 7.01. The fraction of sp³-hybridized carbons (Fsp3) is 0.423. The molecule has 194 valence electrons. The summed E-state index contributed by atoms with van der Waals surface area (Å²) in [5, 5.41) is 11.8. The summed E-state index contributed by atoms with van der Waals surface area (Å²) in [5.41, 5.74) is -0.252. The monoisotopic (exact) mass is 542 g/mol. The largest absolute Gasteiger partial charge is 0.416 e. The van der Waals surface area contributed by atoms with E-state index in [4.69, 9.17) is 32.7 Å². The second-order valence-electron chi connectivity index (χ2n) is 8.75. The average molecular weight is 543 g/mol. The lowest BCUT2D eigenvalue weighted by Crippen LogP contribution is -2.24. The molecule has 0 amide bonds. The van der Waals surface area contributed by atoms with Crippen LogP contribution in [0, 0.1) is 0 Å². The molecule has 10 heteroatoms. The SMILES string of the molecule is OC(c1ccccc1C(F)(F)F)c1nccn1CC(CCOC1CCCCO1)c1ccc(Cl)c(Cl)c1. The van der Waals surface area contributed by atoms with E-state index in [2.05, 4.69) is 4.98 Å². The lowest BCUT2D eigenvalue weighted by atomic mass is 9.95. The maximum Gasteiger partial charge on any atom is 0.416 e. The fourth-order valence-electron chi connectivity index (χ4n) is 4.41. The Labute approximate surface area is 217 Å². The Hall–Kier alpha value is -2.10. The van der Waals surface area contributed by atoms with E-state index in [0.717, 1.165) is 30.9 Å². The van der Waals surface area contributed by atoms with Crippen molar-refractivity contribution in [2.75, 3.05) is 13.2 Å². The normalized spacial score (nSPS) is 18.2. The van der Waals surface area contributed by atoms with Crippen molar-refractivity contribution in [1.29, 1.82) is 0 Å². The van der Waals surface area contributed by atoms with Crippen molar-refractivity contribution in [3.8, 4) is 0 Å². The molecule has 4 rings (SSSR count). The van der Waals surface area contributed by atoms with E-state index in [0.29, 0.717) is 36.2 Å². The summed E-state index contributed by atoms with van der Waals surface area (Å²) < 4.78 is 53.9. The number of nitrogens with zero attached hydrogens (tertiary/aromatic N) is 2. The van der Waals surface area contributed by atoms with Crippen LogP contribution in [0.1, 0.15) is 60.2 Å². The zero-order valence-electron chi connectivity index (χ0n) is 19.4. The van der Waals surface area contributed by atoms with Gasteiger partial charge in [0, 0.05) is 37.0 Å². The van der Waals surface area contributed by atoms with Crippen LogP contribution >= 0.6 is 23.2 Å². The lowest BCUT2D eigenvalue weighted by Gasteiger charge is -2.25. The van der Waals surface area contributed by atoms with Crippen LogP contribution in [-0.2, 0) is 22.2 Å². The highest BCUT2D eigenvalue weighted by atomic mass is 35.5. The molecule has 1 aromatic heterocycles. The molecule has 0 spiro atoms. The van der Waals surface area contributed by atoms with Crippen LogP contribution in [0.3, 0.4) is 0 Å². The zero-order chi connectivity index (χ0) is 25.7. The van der Waals surface area contributed by atoms with E-state index in [-0.39, 0.29) is 23.6 Å². The number of rotatable bonds is 9. The Morgan fingerprint density at radius 2 is 1.94 bits per heavy atom. The Bertz CT molecular complexity index is 1150. The van der Waals surface area contributed by atoms with Gasteiger partial charge in [0.05, 0.1) is 22.2 Å². The molecule has 1 fully saturated rings. The third kappa shape index (κ3) is 6.61. The lowest BCUT2D eigenvalue weighted by molar-refractivity contribution is -0.163. The van der Waals surface area contributed by atoms with Crippen molar-refractivity contribution in [3.05, 3.63) is 87.4 Å². The summed E-state index contributed by atoms with van der Waals surface area (Å²) >= 11 is 12.4. The standard InChI is InChI=1S/C26H27Cl2F3N2O3/c27-21-9-8-17(15-22(21)28)18(10-14-36-23-7-3-4-13-35-23)16-33-12-11-32-25(33)24(34)19-5-1-2-6-20(19)26(29,30)31/h1-2,5-6,8-9,11-12,15,18,23-24,34H,3-4,7,10,13-14,16H2. The third-order valence-corrected chi connectivity index (χ3v) is 7.03. The van der Waals surface area contributed by atoms with Gasteiger partial charge in [0.2, 0.25) is 0 Å². The van der Waals surface area contributed by atoms with Gasteiger partial charge < -0.3 is 19.1 Å². The molecule has 3 unspecified atom stereocenters. The molecule has 2 heterocycles. The first-order chi connectivity index (χ1) is 17.2. The molecule has 0 saturated carbocycles. The summed E-state index contributed by atoms with van der Waals surface area (Å²) in [7, 11) is 0. The molecule has 0 bridgehead atoms. The average Bonchev–Trinajstić information content (AvgIpc) is 3.33. The van der Waals surface area contributed by atoms with E-state index in [9.17, 15) is 18.3 Å². The van der Waals surface area contributed by atoms with Gasteiger partial charge in [-0.25, -0.2) is 4.98 Å². The maximum atomic E-state index is 13.6. The fourth-order valence-corrected chi connectivity index (χ4v) is 4.71. The quantitative estimate of drug-likeness (QED) is 0.316. The summed E-state index contributed by atoms with van der Waals surface area (Å²) in [6.07, 6.45) is 0.217. The molecule has 1 aliphatic rings. The smallest absolute Gasteiger partial charge is 0.380 e. The van der Waals surface area contributed by atoms with Gasteiger partial charge in [0.25, 0.3) is 0 Å². The topological polar surface area (TPSA) is 56.5 Å². The summed E-state index contributed by atoms with van der Waals surface area (Å²) in [5.74, 6) is -0.0188. The number of aromatic nitrogens is 2. The summed E-state index contributed by atoms with van der Waals surface area (Å²) in [4.78, 5) is 4.19. The van der Waals surface area contributed by atoms with Crippen LogP contribution in [0.15, 0.2) is 54.9 Å². The molecule has 2 aromatic carbocycles. The van der Waals surface area contributed by atoms with E-state index >= 15 is 0 Å². The summed E-state index contributed by atoms with van der Waals surface area (Å²) in [6.45, 7) is 1.43. The van der Waals surface area contributed by atoms with Gasteiger partial charge in [0.15, 0.2) is 6.29 Å². The van der Waals surface area contributed by atoms with Crippen molar-refractivity contribution in [2.24, 2.45) is 0 Å². The highest BCUT2D eigenvalue weighted by Crippen LogP contribution is 2.37. The summed E-state index contributed by atoms with van der Waals surface area (Å²) in [6, 6.07) is 10.3. The van der Waals surface area contributed by atoms with Gasteiger partial charge in [-0.1, -0.05) is 47.5 Å². The first-order valence-electron chi connectivity index (χ1n) is 11.8. The second-order valence-corrected chi connectivity index (χ2v) is 9.57. The first kappa shape index (κ1) is 26.9. The van der Waals surface area contributed by atoms with Gasteiger partial charge >= 0.3 is 6.18 Å². The van der Waals surface area contributed by atoms with Crippen molar-refractivity contribution in [1.82, 2.24) is 9.55 Å². The number of halogens is 5. The first-order valence-corrected chi connectivity index (χ1v) is 12.5. The number of ether oxygens (including phenoxy) is 2. The van der Waals surface area contributed by atoms with Gasteiger partial charge in [-0.15, -0.1) is 0 Å². The van der Waals surface area contributed by atoms with Crippen LogP contribution in [0.5, 0.6) is 0 Å². The molecule has 1 N–H and O–H groups in total.